The van der Waals surface area contributed by atoms with Gasteiger partial charge in [-0.2, -0.15) is 0 Å². The van der Waals surface area contributed by atoms with Gasteiger partial charge in [0.05, 0.1) is 24.3 Å². The number of halogens is 1. The number of amides is 2. The first kappa shape index (κ1) is 13.8. The number of carbonyl (C=O) groups excluding carboxylic acids is 1. The van der Waals surface area contributed by atoms with E-state index in [1.807, 2.05) is 0 Å². The molecule has 0 saturated heterocycles. The SMILES string of the molecule is O=C(Nc1nnc(-c2ccc(F)cc2)o1)N1Cc2ncsc2C1. The van der Waals surface area contributed by atoms with Crippen LogP contribution in [0.15, 0.2) is 34.2 Å². The summed E-state index contributed by atoms with van der Waals surface area (Å²) >= 11 is 1.53. The van der Waals surface area contributed by atoms with Crippen molar-refractivity contribution < 1.29 is 13.6 Å². The van der Waals surface area contributed by atoms with E-state index in [0.29, 0.717) is 18.7 Å². The van der Waals surface area contributed by atoms with Gasteiger partial charge in [0.15, 0.2) is 0 Å². The number of fused-ring (bicyclic) bond motifs is 1. The summed E-state index contributed by atoms with van der Waals surface area (Å²) in [6.45, 7) is 0.981. The van der Waals surface area contributed by atoms with Crippen LogP contribution in [0.5, 0.6) is 0 Å². The van der Waals surface area contributed by atoms with E-state index in [0.717, 1.165) is 10.6 Å². The number of anilines is 1. The van der Waals surface area contributed by atoms with Crippen LogP contribution >= 0.6 is 11.3 Å². The molecular weight excluding hydrogens is 321 g/mol. The third-order valence-electron chi connectivity index (χ3n) is 3.42. The highest BCUT2D eigenvalue weighted by atomic mass is 32.1. The van der Waals surface area contributed by atoms with Crippen molar-refractivity contribution in [2.24, 2.45) is 0 Å². The van der Waals surface area contributed by atoms with E-state index in [-0.39, 0.29) is 23.8 Å². The zero-order valence-corrected chi connectivity index (χ0v) is 12.5. The highest BCUT2D eigenvalue weighted by molar-refractivity contribution is 7.09. The molecule has 0 atom stereocenters. The molecule has 3 heterocycles. The first-order valence-corrected chi connectivity index (χ1v) is 7.63. The molecule has 0 spiro atoms. The van der Waals surface area contributed by atoms with Gasteiger partial charge in [-0.1, -0.05) is 5.10 Å². The Morgan fingerprint density at radius 2 is 2.09 bits per heavy atom. The molecule has 0 bridgehead atoms. The predicted molar refractivity (Wildman–Crippen MR) is 80.1 cm³/mol. The Hall–Kier alpha value is -2.81. The molecule has 116 valence electrons. The number of hydrogen-bond donors (Lipinski definition) is 1. The summed E-state index contributed by atoms with van der Waals surface area (Å²) in [6, 6.07) is 5.32. The second kappa shape index (κ2) is 5.43. The summed E-state index contributed by atoms with van der Waals surface area (Å²) < 4.78 is 18.3. The van der Waals surface area contributed by atoms with Crippen molar-refractivity contribution in [1.29, 1.82) is 0 Å². The molecule has 0 aliphatic carbocycles. The minimum Gasteiger partial charge on any atom is -0.403 e. The van der Waals surface area contributed by atoms with Gasteiger partial charge in [-0.05, 0) is 24.3 Å². The first-order chi connectivity index (χ1) is 11.2. The fourth-order valence-corrected chi connectivity index (χ4v) is 3.05. The molecule has 7 nitrogen and oxygen atoms in total. The monoisotopic (exact) mass is 331 g/mol. The second-order valence-electron chi connectivity index (χ2n) is 4.93. The Morgan fingerprint density at radius 1 is 1.26 bits per heavy atom. The van der Waals surface area contributed by atoms with Crippen LogP contribution in [0.4, 0.5) is 15.2 Å². The molecule has 2 amide bonds. The number of urea groups is 1. The molecule has 1 aliphatic heterocycles. The van der Waals surface area contributed by atoms with E-state index >= 15 is 0 Å². The number of nitrogens with one attached hydrogen (secondary N) is 1. The molecule has 1 N–H and O–H groups in total. The Morgan fingerprint density at radius 3 is 2.87 bits per heavy atom. The van der Waals surface area contributed by atoms with E-state index in [4.69, 9.17) is 4.42 Å². The van der Waals surface area contributed by atoms with Crippen molar-refractivity contribution in [3.05, 3.63) is 46.2 Å². The molecule has 9 heteroatoms. The van der Waals surface area contributed by atoms with E-state index in [9.17, 15) is 9.18 Å². The van der Waals surface area contributed by atoms with Gasteiger partial charge >= 0.3 is 12.0 Å². The number of carbonyl (C=O) groups is 1. The number of hydrogen-bond acceptors (Lipinski definition) is 6. The Balaban J connectivity index is 1.44. The van der Waals surface area contributed by atoms with Crippen LogP contribution in [0.1, 0.15) is 10.6 Å². The standard InChI is InChI=1S/C14H10FN5O2S/c15-9-3-1-8(2-4-9)12-18-19-13(22-12)17-14(21)20-5-10-11(6-20)23-7-16-10/h1-4,7H,5-6H2,(H,17,19,21). The van der Waals surface area contributed by atoms with E-state index in [1.165, 1.54) is 35.6 Å². The maximum absolute atomic E-state index is 12.9. The summed E-state index contributed by atoms with van der Waals surface area (Å²) in [6.07, 6.45) is 0. The minimum absolute atomic E-state index is 0.00228. The topological polar surface area (TPSA) is 84.2 Å². The number of aromatic nitrogens is 3. The number of benzene rings is 1. The molecule has 0 saturated carbocycles. The zero-order valence-electron chi connectivity index (χ0n) is 11.7. The lowest BCUT2D eigenvalue weighted by Gasteiger charge is -2.13. The van der Waals surface area contributed by atoms with Crippen LogP contribution in [0.2, 0.25) is 0 Å². The summed E-state index contributed by atoms with van der Waals surface area (Å²) in [4.78, 5) is 19.1. The van der Waals surface area contributed by atoms with Gasteiger partial charge in [0, 0.05) is 10.4 Å². The van der Waals surface area contributed by atoms with Crippen LogP contribution in [-0.2, 0) is 13.1 Å². The van der Waals surface area contributed by atoms with Crippen molar-refractivity contribution in [3.63, 3.8) is 0 Å². The average molecular weight is 331 g/mol. The normalized spacial score (nSPS) is 13.2. The summed E-state index contributed by atoms with van der Waals surface area (Å²) in [5.41, 5.74) is 3.27. The van der Waals surface area contributed by atoms with Crippen LogP contribution in [0.3, 0.4) is 0 Å². The fourth-order valence-electron chi connectivity index (χ4n) is 2.26. The lowest BCUT2D eigenvalue weighted by Crippen LogP contribution is -2.30. The number of nitrogens with zero attached hydrogens (tertiary/aromatic N) is 4. The lowest BCUT2D eigenvalue weighted by molar-refractivity contribution is 0.211. The quantitative estimate of drug-likeness (QED) is 0.780. The second-order valence-corrected chi connectivity index (χ2v) is 5.87. The molecule has 2 aromatic heterocycles. The van der Waals surface area contributed by atoms with Crippen molar-refractivity contribution >= 4 is 23.4 Å². The van der Waals surface area contributed by atoms with Crippen LogP contribution < -0.4 is 5.32 Å². The van der Waals surface area contributed by atoms with Gasteiger partial charge in [0.1, 0.15) is 5.82 Å². The van der Waals surface area contributed by atoms with Crippen molar-refractivity contribution in [3.8, 4) is 11.5 Å². The smallest absolute Gasteiger partial charge is 0.326 e. The maximum atomic E-state index is 12.9. The molecule has 0 fully saturated rings. The number of rotatable bonds is 2. The molecule has 1 aromatic carbocycles. The summed E-state index contributed by atoms with van der Waals surface area (Å²) in [5.74, 6) is -0.139. The lowest BCUT2D eigenvalue weighted by atomic mass is 10.2. The van der Waals surface area contributed by atoms with Crippen LogP contribution in [0, 0.1) is 5.82 Å². The van der Waals surface area contributed by atoms with Gasteiger partial charge < -0.3 is 9.32 Å². The predicted octanol–water partition coefficient (Wildman–Crippen LogP) is 2.88. The first-order valence-electron chi connectivity index (χ1n) is 6.75. The maximum Gasteiger partial charge on any atom is 0.326 e. The van der Waals surface area contributed by atoms with Crippen molar-refractivity contribution in [2.45, 2.75) is 13.1 Å². The molecule has 23 heavy (non-hydrogen) atoms. The molecule has 4 rings (SSSR count). The van der Waals surface area contributed by atoms with Gasteiger partial charge in [0.2, 0.25) is 5.89 Å². The van der Waals surface area contributed by atoms with Crippen molar-refractivity contribution in [2.75, 3.05) is 5.32 Å². The summed E-state index contributed by atoms with van der Waals surface area (Å²) in [7, 11) is 0. The van der Waals surface area contributed by atoms with Crippen LogP contribution in [-0.4, -0.2) is 26.1 Å². The Bertz CT molecular complexity index is 840. The fraction of sp³-hybridized carbons (Fsp3) is 0.143. The Labute approximate surface area is 133 Å². The third-order valence-corrected chi connectivity index (χ3v) is 4.28. The molecular formula is C14H10FN5O2S. The van der Waals surface area contributed by atoms with Crippen LogP contribution in [0.25, 0.3) is 11.5 Å². The average Bonchev–Trinajstić information content (AvgIpc) is 3.22. The van der Waals surface area contributed by atoms with Crippen molar-refractivity contribution in [1.82, 2.24) is 20.1 Å². The number of thiazole rings is 1. The minimum atomic E-state index is -0.350. The highest BCUT2D eigenvalue weighted by Crippen LogP contribution is 2.26. The largest absolute Gasteiger partial charge is 0.403 e. The van der Waals surface area contributed by atoms with E-state index in [1.54, 1.807) is 10.4 Å². The van der Waals surface area contributed by atoms with Gasteiger partial charge in [-0.25, -0.2) is 14.2 Å². The highest BCUT2D eigenvalue weighted by Gasteiger charge is 2.26. The van der Waals surface area contributed by atoms with E-state index < -0.39 is 0 Å². The molecule has 0 radical (unpaired) electrons. The summed E-state index contributed by atoms with van der Waals surface area (Å²) in [5, 5.41) is 10.2. The molecule has 1 aliphatic rings. The third kappa shape index (κ3) is 2.66. The Kier molecular flexibility index (Phi) is 3.27. The van der Waals surface area contributed by atoms with Gasteiger partial charge in [-0.3, -0.25) is 5.32 Å². The molecule has 0 unspecified atom stereocenters. The zero-order chi connectivity index (χ0) is 15.8. The van der Waals surface area contributed by atoms with Gasteiger partial charge in [-0.15, -0.1) is 16.4 Å². The molecule has 3 aromatic rings. The van der Waals surface area contributed by atoms with Gasteiger partial charge in [0.25, 0.3) is 0 Å². The van der Waals surface area contributed by atoms with E-state index in [2.05, 4.69) is 20.5 Å².